The number of hydrogen-bond donors (Lipinski definition) is 0. The van der Waals surface area contributed by atoms with Crippen LogP contribution in [-0.4, -0.2) is 10.8 Å². The maximum absolute atomic E-state index is 11.1. The minimum Gasteiger partial charge on any atom is -0.464 e. The summed E-state index contributed by atoms with van der Waals surface area (Å²) in [6, 6.07) is 7.86. The van der Waals surface area contributed by atoms with Crippen LogP contribution >= 0.6 is 11.3 Å². The van der Waals surface area contributed by atoms with Crippen molar-refractivity contribution >= 4 is 28.1 Å². The summed E-state index contributed by atoms with van der Waals surface area (Å²) in [5.41, 5.74) is 2.71. The summed E-state index contributed by atoms with van der Waals surface area (Å²) in [4.78, 5) is 15.6. The van der Waals surface area contributed by atoms with Crippen LogP contribution in [0.2, 0.25) is 0 Å². The maximum Gasteiger partial charge on any atom is 0.136 e. The van der Waals surface area contributed by atoms with Gasteiger partial charge in [-0.15, -0.1) is 11.3 Å². The van der Waals surface area contributed by atoms with Crippen molar-refractivity contribution < 1.29 is 9.21 Å². The number of carbonyl (C=O) groups excluding carboxylic acids is 1. The Morgan fingerprint density at radius 3 is 3.06 bits per heavy atom. The molecule has 0 fully saturated rings. The van der Waals surface area contributed by atoms with Crippen molar-refractivity contribution in [3.05, 3.63) is 40.9 Å². The number of nitrogens with zero attached hydrogens (tertiary/aromatic N) is 1. The smallest absolute Gasteiger partial charge is 0.136 e. The van der Waals surface area contributed by atoms with Gasteiger partial charge in [-0.25, -0.2) is 4.98 Å². The first-order valence-corrected chi connectivity index (χ1v) is 6.52. The van der Waals surface area contributed by atoms with Crippen molar-refractivity contribution in [3.63, 3.8) is 0 Å². The van der Waals surface area contributed by atoms with Gasteiger partial charge in [0, 0.05) is 16.3 Å². The molecule has 0 spiro atoms. The van der Waals surface area contributed by atoms with E-state index in [1.54, 1.807) is 13.2 Å². The number of rotatable bonds is 3. The standard InChI is InChI=1S/C14H11NO2S/c1-9(16)6-14-15-12(8-18-14)11-7-17-13-5-3-2-4-10(11)13/h2-5,7-8H,6H2,1H3. The molecule has 4 heteroatoms. The van der Waals surface area contributed by atoms with Crippen molar-refractivity contribution in [1.29, 1.82) is 0 Å². The van der Waals surface area contributed by atoms with E-state index in [0.29, 0.717) is 6.42 Å². The molecule has 1 aromatic carbocycles. The molecule has 0 aliphatic heterocycles. The van der Waals surface area contributed by atoms with E-state index in [1.807, 2.05) is 29.6 Å². The van der Waals surface area contributed by atoms with Gasteiger partial charge in [0.15, 0.2) is 0 Å². The largest absolute Gasteiger partial charge is 0.464 e. The monoisotopic (exact) mass is 257 g/mol. The predicted molar refractivity (Wildman–Crippen MR) is 71.7 cm³/mol. The molecule has 0 aliphatic rings. The second-order valence-electron chi connectivity index (χ2n) is 4.15. The van der Waals surface area contributed by atoms with Crippen molar-refractivity contribution in [1.82, 2.24) is 4.98 Å². The van der Waals surface area contributed by atoms with E-state index >= 15 is 0 Å². The molecular formula is C14H11NO2S. The van der Waals surface area contributed by atoms with Crippen molar-refractivity contribution in [2.75, 3.05) is 0 Å². The fourth-order valence-electron chi connectivity index (χ4n) is 1.90. The van der Waals surface area contributed by atoms with Gasteiger partial charge in [-0.05, 0) is 13.0 Å². The summed E-state index contributed by atoms with van der Waals surface area (Å²) in [5, 5.41) is 3.87. The number of benzene rings is 1. The number of para-hydroxylation sites is 1. The molecule has 0 amide bonds. The quantitative estimate of drug-likeness (QED) is 0.718. The van der Waals surface area contributed by atoms with Crippen LogP contribution in [0, 0.1) is 0 Å². The van der Waals surface area contributed by atoms with E-state index in [0.717, 1.165) is 27.2 Å². The van der Waals surface area contributed by atoms with Crippen LogP contribution < -0.4 is 0 Å². The van der Waals surface area contributed by atoms with E-state index in [1.165, 1.54) is 11.3 Å². The molecule has 0 saturated heterocycles. The second kappa shape index (κ2) is 4.38. The Balaban J connectivity index is 2.04. The molecule has 0 saturated carbocycles. The van der Waals surface area contributed by atoms with Gasteiger partial charge < -0.3 is 4.42 Å². The van der Waals surface area contributed by atoms with E-state index in [9.17, 15) is 4.79 Å². The van der Waals surface area contributed by atoms with Gasteiger partial charge in [-0.1, -0.05) is 18.2 Å². The summed E-state index contributed by atoms with van der Waals surface area (Å²) in [6.07, 6.45) is 2.12. The van der Waals surface area contributed by atoms with Gasteiger partial charge in [0.2, 0.25) is 0 Å². The van der Waals surface area contributed by atoms with Crippen LogP contribution in [0.1, 0.15) is 11.9 Å². The Kier molecular flexibility index (Phi) is 2.72. The van der Waals surface area contributed by atoms with Crippen molar-refractivity contribution in [2.24, 2.45) is 0 Å². The molecule has 0 atom stereocenters. The molecule has 0 aliphatic carbocycles. The lowest BCUT2D eigenvalue weighted by molar-refractivity contribution is -0.116. The first-order chi connectivity index (χ1) is 8.74. The van der Waals surface area contributed by atoms with Gasteiger partial charge in [0.25, 0.3) is 0 Å². The fraction of sp³-hybridized carbons (Fsp3) is 0.143. The van der Waals surface area contributed by atoms with Crippen LogP contribution in [-0.2, 0) is 11.2 Å². The topological polar surface area (TPSA) is 43.1 Å². The molecule has 18 heavy (non-hydrogen) atoms. The predicted octanol–water partition coefficient (Wildman–Crippen LogP) is 3.69. The van der Waals surface area contributed by atoms with Gasteiger partial charge in [0.1, 0.15) is 22.6 Å². The number of hydrogen-bond acceptors (Lipinski definition) is 4. The van der Waals surface area contributed by atoms with Gasteiger partial charge in [-0.3, -0.25) is 4.79 Å². The summed E-state index contributed by atoms with van der Waals surface area (Å²) in [7, 11) is 0. The number of carbonyl (C=O) groups is 1. The third-order valence-corrected chi connectivity index (χ3v) is 3.56. The SMILES string of the molecule is CC(=O)Cc1nc(-c2coc3ccccc23)cs1. The Labute approximate surface area is 108 Å². The molecule has 0 bridgehead atoms. The summed E-state index contributed by atoms with van der Waals surface area (Å²) in [5.74, 6) is 0.132. The van der Waals surface area contributed by atoms with Gasteiger partial charge >= 0.3 is 0 Å². The number of thiazole rings is 1. The maximum atomic E-state index is 11.1. The second-order valence-corrected chi connectivity index (χ2v) is 5.09. The Bertz CT molecular complexity index is 711. The number of Topliss-reactive ketones (excluding diaryl/α,β-unsaturated/α-hetero) is 1. The zero-order chi connectivity index (χ0) is 12.5. The highest BCUT2D eigenvalue weighted by molar-refractivity contribution is 7.10. The van der Waals surface area contributed by atoms with Crippen molar-refractivity contribution in [2.45, 2.75) is 13.3 Å². The number of ketones is 1. The third-order valence-electron chi connectivity index (χ3n) is 2.71. The fourth-order valence-corrected chi connectivity index (χ4v) is 2.77. The molecule has 3 nitrogen and oxygen atoms in total. The lowest BCUT2D eigenvalue weighted by Crippen LogP contribution is -1.94. The normalized spacial score (nSPS) is 10.9. The zero-order valence-electron chi connectivity index (χ0n) is 9.84. The van der Waals surface area contributed by atoms with E-state index in [4.69, 9.17) is 4.42 Å². The number of fused-ring (bicyclic) bond motifs is 1. The van der Waals surface area contributed by atoms with Crippen LogP contribution in [0.5, 0.6) is 0 Å². The lowest BCUT2D eigenvalue weighted by Gasteiger charge is -1.92. The molecule has 90 valence electrons. The summed E-state index contributed by atoms with van der Waals surface area (Å²) >= 11 is 1.51. The third kappa shape index (κ3) is 1.95. The average molecular weight is 257 g/mol. The summed E-state index contributed by atoms with van der Waals surface area (Å²) in [6.45, 7) is 1.58. The van der Waals surface area contributed by atoms with E-state index < -0.39 is 0 Å². The van der Waals surface area contributed by atoms with E-state index in [2.05, 4.69) is 4.98 Å². The molecule has 0 radical (unpaired) electrons. The average Bonchev–Trinajstić information content (AvgIpc) is 2.94. The molecule has 0 N–H and O–H groups in total. The Hall–Kier alpha value is -1.94. The Morgan fingerprint density at radius 1 is 1.39 bits per heavy atom. The number of aromatic nitrogens is 1. The molecule has 2 heterocycles. The Morgan fingerprint density at radius 2 is 2.22 bits per heavy atom. The highest BCUT2D eigenvalue weighted by Gasteiger charge is 2.11. The molecule has 2 aromatic heterocycles. The highest BCUT2D eigenvalue weighted by atomic mass is 32.1. The van der Waals surface area contributed by atoms with E-state index in [-0.39, 0.29) is 5.78 Å². The van der Waals surface area contributed by atoms with Crippen molar-refractivity contribution in [3.8, 4) is 11.3 Å². The van der Waals surface area contributed by atoms with Gasteiger partial charge in [-0.2, -0.15) is 0 Å². The highest BCUT2D eigenvalue weighted by Crippen LogP contribution is 2.31. The first-order valence-electron chi connectivity index (χ1n) is 5.64. The minimum atomic E-state index is 0.132. The molecule has 3 rings (SSSR count). The van der Waals surface area contributed by atoms with Crippen LogP contribution in [0.4, 0.5) is 0 Å². The van der Waals surface area contributed by atoms with Crippen LogP contribution in [0.25, 0.3) is 22.2 Å². The number of furan rings is 1. The zero-order valence-corrected chi connectivity index (χ0v) is 10.7. The minimum absolute atomic E-state index is 0.132. The molecule has 0 unspecified atom stereocenters. The summed E-state index contributed by atoms with van der Waals surface area (Å²) < 4.78 is 5.49. The molecule has 3 aromatic rings. The lowest BCUT2D eigenvalue weighted by atomic mass is 10.1. The first kappa shape index (κ1) is 11.2. The molecular weight excluding hydrogens is 246 g/mol. The van der Waals surface area contributed by atoms with Gasteiger partial charge in [0.05, 0.1) is 12.1 Å². The van der Waals surface area contributed by atoms with Crippen LogP contribution in [0.15, 0.2) is 40.3 Å². The van der Waals surface area contributed by atoms with Crippen LogP contribution in [0.3, 0.4) is 0 Å².